The van der Waals surface area contributed by atoms with E-state index in [0.717, 1.165) is 49.9 Å². The Morgan fingerprint density at radius 2 is 2.20 bits per heavy atom. The van der Waals surface area contributed by atoms with E-state index in [1.807, 2.05) is 12.1 Å². The molecule has 2 rings (SSSR count). The van der Waals surface area contributed by atoms with Gasteiger partial charge >= 0.3 is 0 Å². The summed E-state index contributed by atoms with van der Waals surface area (Å²) in [6.07, 6.45) is 2.13. The third kappa shape index (κ3) is 4.11. The number of nitrogens with one attached hydrogen (secondary N) is 1. The van der Waals surface area contributed by atoms with Crippen LogP contribution in [-0.4, -0.2) is 37.7 Å². The van der Waals surface area contributed by atoms with E-state index in [9.17, 15) is 0 Å². The van der Waals surface area contributed by atoms with Crippen LogP contribution in [0.3, 0.4) is 0 Å². The van der Waals surface area contributed by atoms with Crippen molar-refractivity contribution in [3.05, 3.63) is 28.3 Å². The molecule has 112 valence electrons. The predicted octanol–water partition coefficient (Wildman–Crippen LogP) is 3.09. The molecule has 0 atom stereocenters. The maximum atomic E-state index is 6.15. The molecule has 1 aliphatic rings. The number of hydrogen-bond donors (Lipinski definition) is 1. The highest BCUT2D eigenvalue weighted by molar-refractivity contribution is 6.30. The molecule has 0 fully saturated rings. The summed E-state index contributed by atoms with van der Waals surface area (Å²) >= 11 is 6.15. The first-order valence-corrected chi connectivity index (χ1v) is 7.81. The highest BCUT2D eigenvalue weighted by atomic mass is 35.5. The van der Waals surface area contributed by atoms with Crippen LogP contribution in [0.1, 0.15) is 31.4 Å². The lowest BCUT2D eigenvalue weighted by Gasteiger charge is -2.20. The normalized spacial score (nSPS) is 13.9. The molecular formula is C16H25ClN2O. The van der Waals surface area contributed by atoms with Crippen LogP contribution in [0, 0.1) is 0 Å². The molecule has 1 N–H and O–H groups in total. The topological polar surface area (TPSA) is 24.5 Å². The summed E-state index contributed by atoms with van der Waals surface area (Å²) in [5.41, 5.74) is 2.43. The fourth-order valence-corrected chi connectivity index (χ4v) is 2.68. The Labute approximate surface area is 127 Å². The zero-order valence-electron chi connectivity index (χ0n) is 12.7. The van der Waals surface area contributed by atoms with Gasteiger partial charge in [-0.25, -0.2) is 0 Å². The van der Waals surface area contributed by atoms with Gasteiger partial charge in [0.1, 0.15) is 5.75 Å². The minimum absolute atomic E-state index is 0.611. The monoisotopic (exact) mass is 296 g/mol. The van der Waals surface area contributed by atoms with Crippen LogP contribution in [0.2, 0.25) is 5.02 Å². The van der Waals surface area contributed by atoms with Crippen molar-refractivity contribution in [1.29, 1.82) is 0 Å². The lowest BCUT2D eigenvalue weighted by Crippen LogP contribution is -2.29. The molecule has 0 unspecified atom stereocenters. The summed E-state index contributed by atoms with van der Waals surface area (Å²) in [4.78, 5) is 2.36. The SMILES string of the molecule is CC(C)N(C)CCCNCc1cc(Cl)cc2c1OCC2. The molecule has 1 aliphatic heterocycles. The Hall–Kier alpha value is -0.770. The van der Waals surface area contributed by atoms with Crippen LogP contribution in [0.4, 0.5) is 0 Å². The zero-order valence-corrected chi connectivity index (χ0v) is 13.5. The van der Waals surface area contributed by atoms with Gasteiger partial charge in [-0.15, -0.1) is 0 Å². The Balaban J connectivity index is 1.78. The molecule has 20 heavy (non-hydrogen) atoms. The summed E-state index contributed by atoms with van der Waals surface area (Å²) < 4.78 is 5.70. The van der Waals surface area contributed by atoms with Gasteiger partial charge in [-0.2, -0.15) is 0 Å². The van der Waals surface area contributed by atoms with Gasteiger partial charge in [0.15, 0.2) is 0 Å². The van der Waals surface area contributed by atoms with Crippen LogP contribution in [0.25, 0.3) is 0 Å². The van der Waals surface area contributed by atoms with Crippen molar-refractivity contribution in [3.63, 3.8) is 0 Å². The maximum Gasteiger partial charge on any atom is 0.127 e. The molecule has 0 amide bonds. The molecule has 0 saturated heterocycles. The third-order valence-corrected chi connectivity index (χ3v) is 4.10. The lowest BCUT2D eigenvalue weighted by atomic mass is 10.1. The van der Waals surface area contributed by atoms with Gasteiger partial charge in [0, 0.05) is 29.6 Å². The number of ether oxygens (including phenoxy) is 1. The Morgan fingerprint density at radius 1 is 1.40 bits per heavy atom. The number of rotatable bonds is 7. The van der Waals surface area contributed by atoms with Crippen LogP contribution in [0.15, 0.2) is 12.1 Å². The molecule has 0 aromatic heterocycles. The van der Waals surface area contributed by atoms with E-state index in [1.165, 1.54) is 11.1 Å². The van der Waals surface area contributed by atoms with Gasteiger partial charge in [0.2, 0.25) is 0 Å². The molecule has 0 saturated carbocycles. The molecule has 1 aromatic rings. The fraction of sp³-hybridized carbons (Fsp3) is 0.625. The van der Waals surface area contributed by atoms with Crippen molar-refractivity contribution in [2.75, 3.05) is 26.7 Å². The fourth-order valence-electron chi connectivity index (χ4n) is 2.41. The molecule has 1 aromatic carbocycles. The molecule has 3 nitrogen and oxygen atoms in total. The van der Waals surface area contributed by atoms with Gasteiger partial charge < -0.3 is 15.0 Å². The summed E-state index contributed by atoms with van der Waals surface area (Å²) in [6, 6.07) is 4.64. The van der Waals surface area contributed by atoms with Gasteiger partial charge in [0.25, 0.3) is 0 Å². The number of nitrogens with zero attached hydrogens (tertiary/aromatic N) is 1. The Bertz CT molecular complexity index is 448. The molecule has 0 radical (unpaired) electrons. The number of hydrogen-bond acceptors (Lipinski definition) is 3. The van der Waals surface area contributed by atoms with Crippen LogP contribution in [-0.2, 0) is 13.0 Å². The average Bonchev–Trinajstić information content (AvgIpc) is 2.85. The molecule has 0 bridgehead atoms. The quantitative estimate of drug-likeness (QED) is 0.783. The van der Waals surface area contributed by atoms with E-state index in [2.05, 4.69) is 31.1 Å². The number of fused-ring (bicyclic) bond motifs is 1. The highest BCUT2D eigenvalue weighted by Gasteiger charge is 2.17. The van der Waals surface area contributed by atoms with E-state index in [1.54, 1.807) is 0 Å². The highest BCUT2D eigenvalue weighted by Crippen LogP contribution is 2.32. The zero-order chi connectivity index (χ0) is 14.5. The minimum Gasteiger partial charge on any atom is -0.493 e. The Kier molecular flexibility index (Phi) is 5.70. The first-order valence-electron chi connectivity index (χ1n) is 7.43. The average molecular weight is 297 g/mol. The van der Waals surface area contributed by atoms with Crippen molar-refractivity contribution in [2.45, 2.75) is 39.3 Å². The summed E-state index contributed by atoms with van der Waals surface area (Å²) in [7, 11) is 2.17. The Morgan fingerprint density at radius 3 is 2.95 bits per heavy atom. The van der Waals surface area contributed by atoms with Crippen molar-refractivity contribution >= 4 is 11.6 Å². The molecule has 0 aliphatic carbocycles. The summed E-state index contributed by atoms with van der Waals surface area (Å²) in [6.45, 7) is 8.18. The van der Waals surface area contributed by atoms with E-state index in [4.69, 9.17) is 16.3 Å². The van der Waals surface area contributed by atoms with E-state index >= 15 is 0 Å². The summed E-state index contributed by atoms with van der Waals surface area (Å²) in [5.74, 6) is 1.04. The van der Waals surface area contributed by atoms with Crippen molar-refractivity contribution < 1.29 is 4.74 Å². The van der Waals surface area contributed by atoms with Gasteiger partial charge in [-0.1, -0.05) is 11.6 Å². The van der Waals surface area contributed by atoms with Crippen LogP contribution >= 0.6 is 11.6 Å². The standard InChI is InChI=1S/C16H25ClN2O/c1-12(2)19(3)7-4-6-18-11-14-10-15(17)9-13-5-8-20-16(13)14/h9-10,12,18H,4-8,11H2,1-3H3. The van der Waals surface area contributed by atoms with E-state index in [-0.39, 0.29) is 0 Å². The van der Waals surface area contributed by atoms with Crippen molar-refractivity contribution in [2.24, 2.45) is 0 Å². The molecule has 1 heterocycles. The first kappa shape index (κ1) is 15.6. The number of benzene rings is 1. The lowest BCUT2D eigenvalue weighted by molar-refractivity contribution is 0.269. The second kappa shape index (κ2) is 7.30. The largest absolute Gasteiger partial charge is 0.493 e. The maximum absolute atomic E-state index is 6.15. The summed E-state index contributed by atoms with van der Waals surface area (Å²) in [5, 5.41) is 4.30. The van der Waals surface area contributed by atoms with Crippen molar-refractivity contribution in [3.8, 4) is 5.75 Å². The van der Waals surface area contributed by atoms with E-state index < -0.39 is 0 Å². The van der Waals surface area contributed by atoms with Crippen LogP contribution < -0.4 is 10.1 Å². The first-order chi connectivity index (χ1) is 9.58. The predicted molar refractivity (Wildman–Crippen MR) is 84.7 cm³/mol. The van der Waals surface area contributed by atoms with Gasteiger partial charge in [-0.3, -0.25) is 0 Å². The molecule has 0 spiro atoms. The molecule has 4 heteroatoms. The van der Waals surface area contributed by atoms with E-state index in [0.29, 0.717) is 6.04 Å². The minimum atomic E-state index is 0.611. The van der Waals surface area contributed by atoms with Gasteiger partial charge in [0.05, 0.1) is 6.61 Å². The third-order valence-electron chi connectivity index (χ3n) is 3.89. The molecular weight excluding hydrogens is 272 g/mol. The van der Waals surface area contributed by atoms with Crippen LogP contribution in [0.5, 0.6) is 5.75 Å². The van der Waals surface area contributed by atoms with Crippen molar-refractivity contribution in [1.82, 2.24) is 10.2 Å². The smallest absolute Gasteiger partial charge is 0.127 e. The second-order valence-electron chi connectivity index (χ2n) is 5.76. The number of halogens is 1. The second-order valence-corrected chi connectivity index (χ2v) is 6.19. The van der Waals surface area contributed by atoms with Gasteiger partial charge in [-0.05, 0) is 58.1 Å².